The molecule has 2 aromatic rings. The Morgan fingerprint density at radius 2 is 2.11 bits per heavy atom. The van der Waals surface area contributed by atoms with Crippen LogP contribution in [-0.2, 0) is 13.5 Å². The molecule has 0 spiro atoms. The third kappa shape index (κ3) is 2.85. The maximum atomic E-state index is 4.60. The van der Waals surface area contributed by atoms with Gasteiger partial charge in [-0.15, -0.1) is 0 Å². The second-order valence-corrected chi connectivity index (χ2v) is 4.81. The summed E-state index contributed by atoms with van der Waals surface area (Å²) in [5, 5.41) is 7.25. The fraction of sp³-hybridized carbons (Fsp3) is 0.462. The van der Waals surface area contributed by atoms with Gasteiger partial charge in [0.05, 0.1) is 11.9 Å². The van der Waals surface area contributed by atoms with Crippen molar-refractivity contribution in [1.82, 2.24) is 19.7 Å². The van der Waals surface area contributed by atoms with Crippen LogP contribution in [-0.4, -0.2) is 26.8 Å². The highest BCUT2D eigenvalue weighted by molar-refractivity contribution is 5.60. The van der Waals surface area contributed by atoms with E-state index in [1.54, 1.807) is 4.68 Å². The Morgan fingerprint density at radius 3 is 2.67 bits per heavy atom. The number of hydrogen-bond donors (Lipinski definition) is 1. The summed E-state index contributed by atoms with van der Waals surface area (Å²) < 4.78 is 1.78. The molecule has 0 atom stereocenters. The van der Waals surface area contributed by atoms with Gasteiger partial charge in [-0.25, -0.2) is 9.97 Å². The Kier molecular flexibility index (Phi) is 3.60. The summed E-state index contributed by atoms with van der Waals surface area (Å²) in [6.45, 7) is 4.33. The molecule has 0 saturated heterocycles. The van der Waals surface area contributed by atoms with Gasteiger partial charge in [-0.1, -0.05) is 13.8 Å². The van der Waals surface area contributed by atoms with Crippen molar-refractivity contribution in [2.45, 2.75) is 20.3 Å². The van der Waals surface area contributed by atoms with Crippen LogP contribution in [0.2, 0.25) is 0 Å². The van der Waals surface area contributed by atoms with Crippen LogP contribution in [0.3, 0.4) is 0 Å². The minimum atomic E-state index is 0.541. The molecule has 2 aromatic heterocycles. The molecule has 0 bridgehead atoms. The molecule has 18 heavy (non-hydrogen) atoms. The van der Waals surface area contributed by atoms with Gasteiger partial charge in [0.2, 0.25) is 0 Å². The first-order chi connectivity index (χ1) is 8.58. The van der Waals surface area contributed by atoms with Crippen LogP contribution in [0.1, 0.15) is 19.7 Å². The quantitative estimate of drug-likeness (QED) is 0.896. The smallest absolute Gasteiger partial charge is 0.131 e. The lowest BCUT2D eigenvalue weighted by atomic mass is 10.1. The van der Waals surface area contributed by atoms with Gasteiger partial charge < -0.3 is 5.32 Å². The minimum Gasteiger partial charge on any atom is -0.373 e. The van der Waals surface area contributed by atoms with E-state index in [1.165, 1.54) is 0 Å². The van der Waals surface area contributed by atoms with E-state index in [2.05, 4.69) is 34.2 Å². The fourth-order valence-electron chi connectivity index (χ4n) is 1.78. The molecule has 1 N–H and O–H groups in total. The number of nitrogens with one attached hydrogen (secondary N) is 1. The first-order valence-corrected chi connectivity index (χ1v) is 6.13. The van der Waals surface area contributed by atoms with Crippen molar-refractivity contribution in [2.24, 2.45) is 13.0 Å². The number of aromatic nitrogens is 4. The molecule has 0 fully saturated rings. The summed E-state index contributed by atoms with van der Waals surface area (Å²) in [4.78, 5) is 9.08. The summed E-state index contributed by atoms with van der Waals surface area (Å²) in [6, 6.07) is 1.95. The van der Waals surface area contributed by atoms with E-state index in [-0.39, 0.29) is 0 Å². The molecule has 0 aliphatic heterocycles. The highest BCUT2D eigenvalue weighted by atomic mass is 15.2. The van der Waals surface area contributed by atoms with Gasteiger partial charge in [0, 0.05) is 38.3 Å². The summed E-state index contributed by atoms with van der Waals surface area (Å²) in [5.74, 6) is 2.26. The van der Waals surface area contributed by atoms with Crippen molar-refractivity contribution in [2.75, 3.05) is 12.4 Å². The van der Waals surface area contributed by atoms with Crippen LogP contribution in [0.5, 0.6) is 0 Å². The zero-order valence-electron chi connectivity index (χ0n) is 11.3. The van der Waals surface area contributed by atoms with Crippen LogP contribution in [0.15, 0.2) is 18.5 Å². The SMILES string of the molecule is CNc1cc(-c2cnn(C)c2)nc(CC(C)C)n1. The molecule has 0 aliphatic rings. The molecule has 0 aromatic carbocycles. The molecule has 0 amide bonds. The average Bonchev–Trinajstić information content (AvgIpc) is 2.74. The molecule has 5 nitrogen and oxygen atoms in total. The molecule has 0 saturated carbocycles. The first-order valence-electron chi connectivity index (χ1n) is 6.13. The largest absolute Gasteiger partial charge is 0.373 e. The maximum absolute atomic E-state index is 4.60. The van der Waals surface area contributed by atoms with Crippen LogP contribution in [0, 0.1) is 5.92 Å². The molecule has 0 unspecified atom stereocenters. The van der Waals surface area contributed by atoms with E-state index in [4.69, 9.17) is 0 Å². The second kappa shape index (κ2) is 5.16. The predicted octanol–water partition coefficient (Wildman–Crippen LogP) is 2.12. The van der Waals surface area contributed by atoms with Crippen LogP contribution in [0.4, 0.5) is 5.82 Å². The first kappa shape index (κ1) is 12.5. The number of nitrogens with zero attached hydrogens (tertiary/aromatic N) is 4. The van der Waals surface area contributed by atoms with Crippen LogP contribution >= 0.6 is 0 Å². The number of anilines is 1. The number of hydrogen-bond acceptors (Lipinski definition) is 4. The maximum Gasteiger partial charge on any atom is 0.131 e. The normalized spacial score (nSPS) is 10.9. The van der Waals surface area contributed by atoms with Gasteiger partial charge >= 0.3 is 0 Å². The Balaban J connectivity index is 2.40. The Morgan fingerprint density at radius 1 is 1.33 bits per heavy atom. The summed E-state index contributed by atoms with van der Waals surface area (Å²) >= 11 is 0. The van der Waals surface area contributed by atoms with Crippen molar-refractivity contribution in [3.05, 3.63) is 24.3 Å². The summed E-state index contributed by atoms with van der Waals surface area (Å²) in [6.07, 6.45) is 4.66. The van der Waals surface area contributed by atoms with Crippen molar-refractivity contribution in [3.63, 3.8) is 0 Å². The predicted molar refractivity (Wildman–Crippen MR) is 72.3 cm³/mol. The highest BCUT2D eigenvalue weighted by Crippen LogP contribution is 2.19. The molecule has 96 valence electrons. The lowest BCUT2D eigenvalue weighted by Gasteiger charge is -2.08. The summed E-state index contributed by atoms with van der Waals surface area (Å²) in [7, 11) is 3.77. The van der Waals surface area contributed by atoms with Crippen molar-refractivity contribution in [1.29, 1.82) is 0 Å². The van der Waals surface area contributed by atoms with Gasteiger partial charge in [-0.3, -0.25) is 4.68 Å². The van der Waals surface area contributed by atoms with E-state index in [9.17, 15) is 0 Å². The van der Waals surface area contributed by atoms with E-state index in [0.717, 1.165) is 29.3 Å². The molecular formula is C13H19N5. The van der Waals surface area contributed by atoms with Gasteiger partial charge in [-0.05, 0) is 5.92 Å². The Labute approximate surface area is 107 Å². The van der Waals surface area contributed by atoms with Crippen molar-refractivity contribution >= 4 is 5.82 Å². The molecule has 2 rings (SSSR count). The lowest BCUT2D eigenvalue weighted by molar-refractivity contribution is 0.622. The molecule has 0 aliphatic carbocycles. The highest BCUT2D eigenvalue weighted by Gasteiger charge is 2.08. The third-order valence-electron chi connectivity index (χ3n) is 2.62. The number of aryl methyl sites for hydroxylation is 1. The van der Waals surface area contributed by atoms with Gasteiger partial charge in [-0.2, -0.15) is 5.10 Å². The molecule has 2 heterocycles. The van der Waals surface area contributed by atoms with Gasteiger partial charge in [0.1, 0.15) is 11.6 Å². The minimum absolute atomic E-state index is 0.541. The zero-order chi connectivity index (χ0) is 13.1. The standard InChI is InChI=1S/C13H19N5/c1-9(2)5-13-16-11(6-12(14-3)17-13)10-7-15-18(4)8-10/h6-9H,5H2,1-4H3,(H,14,16,17). The van der Waals surface area contributed by atoms with E-state index in [0.29, 0.717) is 5.92 Å². The Bertz CT molecular complexity index is 530. The topological polar surface area (TPSA) is 55.6 Å². The van der Waals surface area contributed by atoms with E-state index >= 15 is 0 Å². The van der Waals surface area contributed by atoms with Crippen molar-refractivity contribution in [3.8, 4) is 11.3 Å². The van der Waals surface area contributed by atoms with Gasteiger partial charge in [0.15, 0.2) is 0 Å². The van der Waals surface area contributed by atoms with Crippen LogP contribution in [0.25, 0.3) is 11.3 Å². The zero-order valence-corrected chi connectivity index (χ0v) is 11.3. The average molecular weight is 245 g/mol. The Hall–Kier alpha value is -1.91. The van der Waals surface area contributed by atoms with E-state index in [1.807, 2.05) is 32.6 Å². The van der Waals surface area contributed by atoms with Gasteiger partial charge in [0.25, 0.3) is 0 Å². The fourth-order valence-corrected chi connectivity index (χ4v) is 1.78. The molecular weight excluding hydrogens is 226 g/mol. The van der Waals surface area contributed by atoms with Crippen LogP contribution < -0.4 is 5.32 Å². The lowest BCUT2D eigenvalue weighted by Crippen LogP contribution is -2.04. The third-order valence-corrected chi connectivity index (χ3v) is 2.62. The van der Waals surface area contributed by atoms with Crippen molar-refractivity contribution < 1.29 is 0 Å². The monoisotopic (exact) mass is 245 g/mol. The molecule has 5 heteroatoms. The number of rotatable bonds is 4. The molecule has 0 radical (unpaired) electrons. The summed E-state index contributed by atoms with van der Waals surface area (Å²) in [5.41, 5.74) is 1.93. The van der Waals surface area contributed by atoms with E-state index < -0.39 is 0 Å². The second-order valence-electron chi connectivity index (χ2n) is 4.81.